The third-order valence-corrected chi connectivity index (χ3v) is 4.55. The van der Waals surface area contributed by atoms with Gasteiger partial charge in [-0.2, -0.15) is 0 Å². The van der Waals surface area contributed by atoms with Gasteiger partial charge in [0.15, 0.2) is 0 Å². The van der Waals surface area contributed by atoms with E-state index in [1.165, 1.54) is 0 Å². The van der Waals surface area contributed by atoms with Gasteiger partial charge in [0, 0.05) is 17.8 Å². The van der Waals surface area contributed by atoms with Crippen LogP contribution in [0.5, 0.6) is 0 Å². The minimum atomic E-state index is -3.44. The van der Waals surface area contributed by atoms with Crippen molar-refractivity contribution in [2.24, 2.45) is 0 Å². The van der Waals surface area contributed by atoms with Gasteiger partial charge in [-0.25, -0.2) is 13.1 Å². The predicted molar refractivity (Wildman–Crippen MR) is 75.3 cm³/mol. The number of hydrogen-bond acceptors (Lipinski definition) is 3. The summed E-state index contributed by atoms with van der Waals surface area (Å²) < 4.78 is 27.0. The van der Waals surface area contributed by atoms with Crippen molar-refractivity contribution in [1.82, 2.24) is 4.72 Å². The average molecular weight is 270 g/mol. The van der Waals surface area contributed by atoms with Crippen LogP contribution in [0.4, 0.5) is 5.69 Å². The Balaban J connectivity index is 2.92. The fourth-order valence-corrected chi connectivity index (χ4v) is 2.93. The maximum absolute atomic E-state index is 12.1. The number of benzene rings is 1. The van der Waals surface area contributed by atoms with Crippen molar-refractivity contribution in [3.8, 4) is 0 Å². The highest BCUT2D eigenvalue weighted by atomic mass is 32.2. The Morgan fingerprint density at radius 3 is 2.11 bits per heavy atom. The van der Waals surface area contributed by atoms with Crippen LogP contribution in [0.3, 0.4) is 0 Å². The second-order valence-electron chi connectivity index (χ2n) is 4.90. The van der Waals surface area contributed by atoms with Crippen molar-refractivity contribution < 1.29 is 8.42 Å². The molecule has 0 saturated carbocycles. The Morgan fingerprint density at radius 1 is 1.11 bits per heavy atom. The van der Waals surface area contributed by atoms with Crippen molar-refractivity contribution >= 4 is 15.7 Å². The molecule has 102 valence electrons. The molecule has 0 radical (unpaired) electrons. The summed E-state index contributed by atoms with van der Waals surface area (Å²) in [6.07, 6.45) is 0.738. The molecule has 18 heavy (non-hydrogen) atoms. The van der Waals surface area contributed by atoms with Crippen molar-refractivity contribution in [2.75, 3.05) is 11.9 Å². The van der Waals surface area contributed by atoms with Crippen LogP contribution >= 0.6 is 0 Å². The van der Waals surface area contributed by atoms with Gasteiger partial charge in [0.05, 0.1) is 4.90 Å². The number of hydrogen-bond donors (Lipinski definition) is 2. The first kappa shape index (κ1) is 15.0. The van der Waals surface area contributed by atoms with Gasteiger partial charge in [0.25, 0.3) is 0 Å². The molecule has 1 aromatic rings. The first-order valence-corrected chi connectivity index (χ1v) is 7.67. The summed E-state index contributed by atoms with van der Waals surface area (Å²) in [4.78, 5) is 0.297. The van der Waals surface area contributed by atoms with E-state index in [1.54, 1.807) is 24.3 Å². The Labute approximate surface area is 110 Å². The van der Waals surface area contributed by atoms with Gasteiger partial charge in [-0.3, -0.25) is 0 Å². The minimum Gasteiger partial charge on any atom is -0.385 e. The summed E-state index contributed by atoms with van der Waals surface area (Å²) in [5, 5.41) is 3.13. The summed E-state index contributed by atoms with van der Waals surface area (Å²) >= 11 is 0. The lowest BCUT2D eigenvalue weighted by atomic mass is 10.0. The fourth-order valence-electron chi connectivity index (χ4n) is 1.45. The van der Waals surface area contributed by atoms with E-state index in [1.807, 2.05) is 27.7 Å². The molecule has 0 atom stereocenters. The van der Waals surface area contributed by atoms with Crippen LogP contribution in [0.15, 0.2) is 29.2 Å². The monoisotopic (exact) mass is 270 g/mol. The van der Waals surface area contributed by atoms with Crippen LogP contribution in [0.2, 0.25) is 0 Å². The molecule has 0 aromatic heterocycles. The maximum Gasteiger partial charge on any atom is 0.241 e. The van der Waals surface area contributed by atoms with Crippen molar-refractivity contribution in [2.45, 2.75) is 44.6 Å². The zero-order valence-corrected chi connectivity index (χ0v) is 12.3. The van der Waals surface area contributed by atoms with Gasteiger partial charge in [-0.15, -0.1) is 0 Å². The molecule has 5 heteroatoms. The third-order valence-electron chi connectivity index (χ3n) is 2.84. The van der Waals surface area contributed by atoms with E-state index in [2.05, 4.69) is 10.0 Å². The van der Waals surface area contributed by atoms with Gasteiger partial charge in [-0.05, 0) is 51.5 Å². The highest BCUT2D eigenvalue weighted by Crippen LogP contribution is 2.17. The molecule has 0 fully saturated rings. The molecule has 0 unspecified atom stereocenters. The molecule has 0 amide bonds. The lowest BCUT2D eigenvalue weighted by molar-refractivity contribution is 0.439. The molecule has 0 saturated heterocycles. The Hall–Kier alpha value is -1.07. The Bertz CT molecular complexity index is 478. The molecule has 1 rings (SSSR count). The van der Waals surface area contributed by atoms with Crippen LogP contribution in [-0.2, 0) is 10.0 Å². The van der Waals surface area contributed by atoms with E-state index < -0.39 is 15.6 Å². The topological polar surface area (TPSA) is 58.2 Å². The maximum atomic E-state index is 12.1. The van der Waals surface area contributed by atoms with E-state index in [0.717, 1.165) is 18.7 Å². The lowest BCUT2D eigenvalue weighted by Gasteiger charge is -2.24. The van der Waals surface area contributed by atoms with E-state index in [-0.39, 0.29) is 0 Å². The molecular formula is C13H22N2O2S. The quantitative estimate of drug-likeness (QED) is 0.835. The lowest BCUT2D eigenvalue weighted by Crippen LogP contribution is -2.42. The summed E-state index contributed by atoms with van der Waals surface area (Å²) in [5.41, 5.74) is 0.491. The van der Waals surface area contributed by atoms with Crippen molar-refractivity contribution in [3.63, 3.8) is 0 Å². The largest absolute Gasteiger partial charge is 0.385 e. The predicted octanol–water partition coefficient (Wildman–Crippen LogP) is 2.59. The fraction of sp³-hybridized carbons (Fsp3) is 0.538. The molecular weight excluding hydrogens is 248 g/mol. The Morgan fingerprint density at radius 2 is 1.67 bits per heavy atom. The summed E-state index contributed by atoms with van der Waals surface area (Å²) in [6.45, 7) is 8.51. The van der Waals surface area contributed by atoms with Gasteiger partial charge < -0.3 is 5.32 Å². The van der Waals surface area contributed by atoms with E-state index in [4.69, 9.17) is 0 Å². The molecule has 0 aliphatic carbocycles. The molecule has 0 spiro atoms. The first-order chi connectivity index (χ1) is 8.30. The van der Waals surface area contributed by atoms with E-state index >= 15 is 0 Å². The van der Waals surface area contributed by atoms with Crippen LogP contribution in [0.1, 0.15) is 34.1 Å². The van der Waals surface area contributed by atoms with Crippen LogP contribution in [0.25, 0.3) is 0 Å². The van der Waals surface area contributed by atoms with Gasteiger partial charge >= 0.3 is 0 Å². The van der Waals surface area contributed by atoms with Gasteiger partial charge in [-0.1, -0.05) is 6.92 Å². The Kier molecular flexibility index (Phi) is 4.76. The normalized spacial score (nSPS) is 12.4. The molecule has 0 heterocycles. The number of sulfonamides is 1. The average Bonchev–Trinajstić information content (AvgIpc) is 2.29. The molecule has 0 aliphatic rings. The van der Waals surface area contributed by atoms with Crippen LogP contribution in [-0.4, -0.2) is 20.5 Å². The molecule has 0 bridgehead atoms. The SMILES string of the molecule is CCNc1ccc(S(=O)(=O)NC(C)(C)CC)cc1. The van der Waals surface area contributed by atoms with Gasteiger partial charge in [0.2, 0.25) is 10.0 Å². The van der Waals surface area contributed by atoms with Crippen LogP contribution < -0.4 is 10.0 Å². The molecule has 1 aromatic carbocycles. The zero-order valence-electron chi connectivity index (χ0n) is 11.4. The third kappa shape index (κ3) is 3.99. The second-order valence-corrected chi connectivity index (χ2v) is 6.58. The number of nitrogens with one attached hydrogen (secondary N) is 2. The van der Waals surface area contributed by atoms with Crippen molar-refractivity contribution in [3.05, 3.63) is 24.3 Å². The van der Waals surface area contributed by atoms with E-state index in [9.17, 15) is 8.42 Å². The second kappa shape index (κ2) is 5.71. The highest BCUT2D eigenvalue weighted by Gasteiger charge is 2.24. The summed E-state index contributed by atoms with van der Waals surface area (Å²) in [7, 11) is -3.44. The van der Waals surface area contributed by atoms with Crippen molar-refractivity contribution in [1.29, 1.82) is 0 Å². The minimum absolute atomic E-state index is 0.297. The first-order valence-electron chi connectivity index (χ1n) is 6.18. The zero-order chi connectivity index (χ0) is 13.8. The smallest absolute Gasteiger partial charge is 0.241 e. The summed E-state index contributed by atoms with van der Waals surface area (Å²) in [6, 6.07) is 6.78. The van der Waals surface area contributed by atoms with Crippen LogP contribution in [0, 0.1) is 0 Å². The number of rotatable bonds is 6. The van der Waals surface area contributed by atoms with E-state index in [0.29, 0.717) is 4.90 Å². The standard InChI is InChI=1S/C13H22N2O2S/c1-5-13(3,4)15-18(16,17)12-9-7-11(8-10-12)14-6-2/h7-10,14-15H,5-6H2,1-4H3. The summed E-state index contributed by atoms with van der Waals surface area (Å²) in [5.74, 6) is 0. The number of anilines is 1. The molecule has 4 nitrogen and oxygen atoms in total. The highest BCUT2D eigenvalue weighted by molar-refractivity contribution is 7.89. The van der Waals surface area contributed by atoms with Gasteiger partial charge in [0.1, 0.15) is 0 Å². The molecule has 2 N–H and O–H groups in total. The molecule has 0 aliphatic heterocycles.